The van der Waals surface area contributed by atoms with Crippen LogP contribution in [0.4, 0.5) is 36.4 Å². The van der Waals surface area contributed by atoms with Crippen molar-refractivity contribution in [1.82, 2.24) is 19.7 Å². The molecule has 218 valence electrons. The van der Waals surface area contributed by atoms with E-state index < -0.39 is 57.9 Å². The van der Waals surface area contributed by atoms with Gasteiger partial charge in [-0.05, 0) is 43.4 Å². The first-order chi connectivity index (χ1) is 19.2. The van der Waals surface area contributed by atoms with Crippen molar-refractivity contribution in [3.8, 4) is 17.0 Å². The van der Waals surface area contributed by atoms with Crippen LogP contribution >= 0.6 is 0 Å². The predicted octanol–water partition coefficient (Wildman–Crippen LogP) is 5.61. The SMILES string of the molecule is COc1cc(-c2cc3ccn(CCCC(C)Nc4cn[nH]c(=O)c4C(F)(F)F)c(=O)c3cc2F)ncc1C(F)(F)F. The predicted molar refractivity (Wildman–Crippen MR) is 135 cm³/mol. The molecule has 1 unspecified atom stereocenters. The maximum Gasteiger partial charge on any atom is 0.423 e. The number of hydrogen-bond donors (Lipinski definition) is 2. The summed E-state index contributed by atoms with van der Waals surface area (Å²) in [5.74, 6) is -1.42. The van der Waals surface area contributed by atoms with Gasteiger partial charge in [0.05, 0.1) is 30.1 Å². The smallest absolute Gasteiger partial charge is 0.423 e. The molecule has 3 aromatic heterocycles. The molecule has 4 rings (SSSR count). The van der Waals surface area contributed by atoms with Crippen molar-refractivity contribution in [3.05, 3.63) is 80.5 Å². The van der Waals surface area contributed by atoms with Crippen LogP contribution in [0.1, 0.15) is 30.9 Å². The third-order valence-electron chi connectivity index (χ3n) is 6.31. The van der Waals surface area contributed by atoms with Gasteiger partial charge in [-0.1, -0.05) is 0 Å². The fraction of sp³-hybridized carbons (Fsp3) is 0.308. The summed E-state index contributed by atoms with van der Waals surface area (Å²) in [6.45, 7) is 1.76. The number of methoxy groups -OCH3 is 1. The zero-order chi connectivity index (χ0) is 30.1. The summed E-state index contributed by atoms with van der Waals surface area (Å²) in [7, 11) is 1.05. The second kappa shape index (κ2) is 11.2. The van der Waals surface area contributed by atoms with Gasteiger partial charge in [-0.25, -0.2) is 9.49 Å². The Morgan fingerprint density at radius 3 is 2.46 bits per heavy atom. The largest absolute Gasteiger partial charge is 0.496 e. The van der Waals surface area contributed by atoms with Crippen molar-refractivity contribution in [1.29, 1.82) is 0 Å². The van der Waals surface area contributed by atoms with E-state index in [4.69, 9.17) is 4.74 Å². The van der Waals surface area contributed by atoms with Gasteiger partial charge in [0.25, 0.3) is 11.1 Å². The normalized spacial score (nSPS) is 12.9. The van der Waals surface area contributed by atoms with Crippen LogP contribution in [0, 0.1) is 5.82 Å². The molecule has 8 nitrogen and oxygen atoms in total. The van der Waals surface area contributed by atoms with Crippen LogP contribution in [0.2, 0.25) is 0 Å². The number of anilines is 1. The number of H-pyrrole nitrogens is 1. The fourth-order valence-corrected chi connectivity index (χ4v) is 4.34. The van der Waals surface area contributed by atoms with Gasteiger partial charge in [-0.3, -0.25) is 14.6 Å². The lowest BCUT2D eigenvalue weighted by atomic mass is 10.0. The van der Waals surface area contributed by atoms with E-state index in [1.807, 2.05) is 0 Å². The Bertz CT molecular complexity index is 1700. The summed E-state index contributed by atoms with van der Waals surface area (Å²) in [4.78, 5) is 28.3. The number of nitrogens with zero attached hydrogens (tertiary/aromatic N) is 3. The molecular weight excluding hydrogens is 563 g/mol. The molecule has 15 heteroatoms. The van der Waals surface area contributed by atoms with Crippen LogP contribution in [-0.4, -0.2) is 32.9 Å². The highest BCUT2D eigenvalue weighted by molar-refractivity contribution is 5.86. The Morgan fingerprint density at radius 1 is 1.07 bits per heavy atom. The van der Waals surface area contributed by atoms with E-state index in [9.17, 15) is 35.9 Å². The van der Waals surface area contributed by atoms with E-state index in [1.165, 1.54) is 22.9 Å². The lowest BCUT2D eigenvalue weighted by molar-refractivity contribution is -0.139. The van der Waals surface area contributed by atoms with Crippen molar-refractivity contribution in [2.24, 2.45) is 0 Å². The number of pyridine rings is 2. The quantitative estimate of drug-likeness (QED) is 0.261. The number of hydrogen-bond acceptors (Lipinski definition) is 6. The van der Waals surface area contributed by atoms with Gasteiger partial charge in [0.2, 0.25) is 0 Å². The second-order valence-electron chi connectivity index (χ2n) is 9.17. The molecule has 0 saturated carbocycles. The molecule has 1 atom stereocenters. The van der Waals surface area contributed by atoms with Crippen molar-refractivity contribution in [2.75, 3.05) is 12.4 Å². The van der Waals surface area contributed by atoms with E-state index in [2.05, 4.69) is 15.4 Å². The summed E-state index contributed by atoms with van der Waals surface area (Å²) in [6.07, 6.45) is -6.09. The molecule has 0 amide bonds. The van der Waals surface area contributed by atoms with Crippen molar-refractivity contribution in [2.45, 2.75) is 44.7 Å². The maximum atomic E-state index is 15.0. The Morgan fingerprint density at radius 2 is 1.80 bits per heavy atom. The minimum absolute atomic E-state index is 0.0169. The number of halogens is 7. The first-order valence-electron chi connectivity index (χ1n) is 12.1. The number of ether oxygens (including phenoxy) is 1. The first-order valence-corrected chi connectivity index (χ1v) is 12.1. The summed E-state index contributed by atoms with van der Waals surface area (Å²) in [5.41, 5.74) is -5.14. The number of aromatic amines is 1. The number of rotatable bonds is 8. The zero-order valence-electron chi connectivity index (χ0n) is 21.5. The summed E-state index contributed by atoms with van der Waals surface area (Å²) < 4.78 is 100. The van der Waals surface area contributed by atoms with Crippen LogP contribution in [0.3, 0.4) is 0 Å². The molecule has 0 saturated heterocycles. The number of fused-ring (bicyclic) bond motifs is 1. The second-order valence-corrected chi connectivity index (χ2v) is 9.17. The average molecular weight is 585 g/mol. The third kappa shape index (κ3) is 6.33. The van der Waals surface area contributed by atoms with Gasteiger partial charge in [-0.15, -0.1) is 0 Å². The lowest BCUT2D eigenvalue weighted by Crippen LogP contribution is -2.27. The zero-order valence-corrected chi connectivity index (χ0v) is 21.5. The first kappa shape index (κ1) is 29.6. The molecule has 41 heavy (non-hydrogen) atoms. The number of aromatic nitrogens is 4. The van der Waals surface area contributed by atoms with Crippen LogP contribution in [-0.2, 0) is 18.9 Å². The van der Waals surface area contributed by atoms with Crippen molar-refractivity contribution in [3.63, 3.8) is 0 Å². The van der Waals surface area contributed by atoms with E-state index >= 15 is 4.39 Å². The topological polar surface area (TPSA) is 102 Å². The van der Waals surface area contributed by atoms with E-state index in [-0.39, 0.29) is 23.2 Å². The van der Waals surface area contributed by atoms with Crippen molar-refractivity contribution >= 4 is 16.5 Å². The van der Waals surface area contributed by atoms with Gasteiger partial charge in [0.15, 0.2) is 0 Å². The van der Waals surface area contributed by atoms with Gasteiger partial charge in [0, 0.05) is 36.6 Å². The van der Waals surface area contributed by atoms with E-state index in [1.54, 1.807) is 12.0 Å². The Kier molecular flexibility index (Phi) is 8.08. The highest BCUT2D eigenvalue weighted by Crippen LogP contribution is 2.38. The molecule has 4 aromatic rings. The molecule has 0 spiro atoms. The highest BCUT2D eigenvalue weighted by Gasteiger charge is 2.37. The molecule has 0 radical (unpaired) electrons. The number of aryl methyl sites for hydroxylation is 1. The molecule has 0 bridgehead atoms. The number of alkyl halides is 6. The number of benzene rings is 1. The summed E-state index contributed by atoms with van der Waals surface area (Å²) in [6, 6.07) is 4.23. The average Bonchev–Trinajstić information content (AvgIpc) is 2.88. The minimum atomic E-state index is -4.89. The fourth-order valence-electron chi connectivity index (χ4n) is 4.34. The standard InChI is InChI=1S/C26H22F7N5O3/c1-13(36-20-12-35-37-23(39)22(20)26(31,32)33)4-3-6-38-7-5-14-8-16(18(27)9-15(14)24(38)40)19-10-21(41-2)17(11-34-19)25(28,29)30/h5,7-13H,3-4,6H2,1-2H3,(H2,36,37,39). The number of nitrogens with one attached hydrogen (secondary N) is 2. The molecule has 0 aliphatic rings. The lowest BCUT2D eigenvalue weighted by Gasteiger charge is -2.18. The summed E-state index contributed by atoms with van der Waals surface area (Å²) >= 11 is 0. The van der Waals surface area contributed by atoms with Crippen LogP contribution in [0.25, 0.3) is 22.0 Å². The van der Waals surface area contributed by atoms with Crippen molar-refractivity contribution < 1.29 is 35.5 Å². The molecule has 0 aliphatic heterocycles. The molecule has 0 aliphatic carbocycles. The van der Waals surface area contributed by atoms with Crippen LogP contribution in [0.15, 0.2) is 52.4 Å². The Labute approximate surface area is 226 Å². The Balaban J connectivity index is 1.51. The molecule has 0 fully saturated rings. The molecular formula is C26H22F7N5O3. The maximum absolute atomic E-state index is 15.0. The van der Waals surface area contributed by atoms with Gasteiger partial charge >= 0.3 is 12.4 Å². The molecule has 2 N–H and O–H groups in total. The molecule has 3 heterocycles. The van der Waals surface area contributed by atoms with Crippen LogP contribution < -0.4 is 21.2 Å². The highest BCUT2D eigenvalue weighted by atomic mass is 19.4. The van der Waals surface area contributed by atoms with E-state index in [0.29, 0.717) is 24.4 Å². The van der Waals surface area contributed by atoms with Crippen LogP contribution in [0.5, 0.6) is 5.75 Å². The third-order valence-corrected chi connectivity index (χ3v) is 6.31. The van der Waals surface area contributed by atoms with Gasteiger partial charge in [-0.2, -0.15) is 31.4 Å². The van der Waals surface area contributed by atoms with Gasteiger partial charge in [0.1, 0.15) is 22.7 Å². The van der Waals surface area contributed by atoms with E-state index in [0.717, 1.165) is 25.4 Å². The minimum Gasteiger partial charge on any atom is -0.496 e. The molecule has 1 aromatic carbocycles. The Hall–Kier alpha value is -4.43. The monoisotopic (exact) mass is 585 g/mol. The summed E-state index contributed by atoms with van der Waals surface area (Å²) in [5, 5.41) is 8.11. The van der Waals surface area contributed by atoms with Gasteiger partial charge < -0.3 is 14.6 Å².